The third-order valence-corrected chi connectivity index (χ3v) is 2.97. The van der Waals surface area contributed by atoms with Crippen LogP contribution in [0, 0.1) is 0 Å². The molecule has 0 atom stereocenters. The Morgan fingerprint density at radius 3 is 2.76 bits per heavy atom. The van der Waals surface area contributed by atoms with E-state index in [9.17, 15) is 4.79 Å². The number of aromatic nitrogens is 3. The highest BCUT2D eigenvalue weighted by atomic mass is 79.9. The predicted octanol–water partition coefficient (Wildman–Crippen LogP) is 1.45. The zero-order valence-electron chi connectivity index (χ0n) is 9.64. The Morgan fingerprint density at radius 2 is 2.24 bits per heavy atom. The van der Waals surface area contributed by atoms with Gasteiger partial charge in [0.15, 0.2) is 0 Å². The zero-order valence-corrected chi connectivity index (χ0v) is 11.2. The van der Waals surface area contributed by atoms with Crippen molar-refractivity contribution in [3.05, 3.63) is 40.6 Å². The van der Waals surface area contributed by atoms with Crippen LogP contribution in [0.5, 0.6) is 0 Å². The van der Waals surface area contributed by atoms with E-state index >= 15 is 0 Å². The van der Waals surface area contributed by atoms with Crippen LogP contribution in [0.3, 0.4) is 0 Å². The molecule has 0 saturated carbocycles. The van der Waals surface area contributed by atoms with Crippen molar-refractivity contribution in [3.63, 3.8) is 0 Å². The smallest absolute Gasteiger partial charge is 0.268 e. The summed E-state index contributed by atoms with van der Waals surface area (Å²) in [7, 11) is 3.73. The largest absolute Gasteiger partial charge is 0.345 e. The fourth-order valence-corrected chi connectivity index (χ4v) is 2.09. The number of amides is 1. The first-order valence-corrected chi connectivity index (χ1v) is 5.93. The Morgan fingerprint density at radius 1 is 1.47 bits per heavy atom. The first kappa shape index (κ1) is 11.9. The molecular formula is C11H13BrN4O. The second kappa shape index (κ2) is 4.75. The average molecular weight is 297 g/mol. The number of halogens is 1. The minimum absolute atomic E-state index is 0.110. The molecule has 17 heavy (non-hydrogen) atoms. The quantitative estimate of drug-likeness (QED) is 0.932. The second-order valence-electron chi connectivity index (χ2n) is 3.79. The van der Waals surface area contributed by atoms with Crippen molar-refractivity contribution in [2.75, 3.05) is 0 Å². The van der Waals surface area contributed by atoms with E-state index < -0.39 is 0 Å². The van der Waals surface area contributed by atoms with Crippen LogP contribution in [-0.2, 0) is 20.6 Å². The number of carbonyl (C=O) groups excluding carboxylic acids is 1. The molecule has 2 aromatic heterocycles. The van der Waals surface area contributed by atoms with Crippen LogP contribution in [-0.4, -0.2) is 20.0 Å². The molecule has 90 valence electrons. The average Bonchev–Trinajstić information content (AvgIpc) is 2.81. The van der Waals surface area contributed by atoms with Crippen molar-refractivity contribution in [2.24, 2.45) is 14.1 Å². The highest BCUT2D eigenvalue weighted by Gasteiger charge is 2.11. The maximum absolute atomic E-state index is 11.9. The summed E-state index contributed by atoms with van der Waals surface area (Å²) in [6, 6.07) is 1.79. The molecule has 0 aliphatic rings. The SMILES string of the molecule is Cn1cc(Br)cc1C(=O)NCc1nccn1C. The summed E-state index contributed by atoms with van der Waals surface area (Å²) < 4.78 is 4.54. The molecule has 1 amide bonds. The highest BCUT2D eigenvalue weighted by Crippen LogP contribution is 2.13. The van der Waals surface area contributed by atoms with E-state index in [1.54, 1.807) is 16.8 Å². The molecule has 0 saturated heterocycles. The number of imidazole rings is 1. The molecule has 2 aromatic rings. The lowest BCUT2D eigenvalue weighted by Gasteiger charge is -2.05. The Labute approximate surface area is 108 Å². The summed E-state index contributed by atoms with van der Waals surface area (Å²) in [6.07, 6.45) is 5.40. The maximum atomic E-state index is 11.9. The second-order valence-corrected chi connectivity index (χ2v) is 4.71. The molecule has 0 fully saturated rings. The van der Waals surface area contributed by atoms with Gasteiger partial charge in [-0.2, -0.15) is 0 Å². The Kier molecular flexibility index (Phi) is 3.33. The van der Waals surface area contributed by atoms with Gasteiger partial charge >= 0.3 is 0 Å². The van der Waals surface area contributed by atoms with Gasteiger partial charge in [-0.25, -0.2) is 4.98 Å². The van der Waals surface area contributed by atoms with Crippen molar-refractivity contribution < 1.29 is 4.79 Å². The lowest BCUT2D eigenvalue weighted by atomic mass is 10.4. The van der Waals surface area contributed by atoms with Crippen molar-refractivity contribution in [3.8, 4) is 0 Å². The molecule has 0 spiro atoms. The first-order chi connectivity index (χ1) is 8.08. The van der Waals surface area contributed by atoms with E-state index in [1.165, 1.54) is 0 Å². The van der Waals surface area contributed by atoms with Gasteiger partial charge in [0, 0.05) is 37.2 Å². The summed E-state index contributed by atoms with van der Waals surface area (Å²) in [4.78, 5) is 16.0. The highest BCUT2D eigenvalue weighted by molar-refractivity contribution is 9.10. The predicted molar refractivity (Wildman–Crippen MR) is 67.5 cm³/mol. The number of nitrogens with zero attached hydrogens (tertiary/aromatic N) is 3. The number of nitrogens with one attached hydrogen (secondary N) is 1. The van der Waals surface area contributed by atoms with Gasteiger partial charge in [0.1, 0.15) is 11.5 Å². The van der Waals surface area contributed by atoms with Gasteiger partial charge in [-0.15, -0.1) is 0 Å². The van der Waals surface area contributed by atoms with Crippen LogP contribution in [0.25, 0.3) is 0 Å². The van der Waals surface area contributed by atoms with E-state index in [4.69, 9.17) is 0 Å². The molecular weight excluding hydrogens is 284 g/mol. The molecule has 0 aliphatic carbocycles. The van der Waals surface area contributed by atoms with Crippen LogP contribution in [0.2, 0.25) is 0 Å². The summed E-state index contributed by atoms with van der Waals surface area (Å²) in [5, 5.41) is 2.83. The summed E-state index contributed by atoms with van der Waals surface area (Å²) >= 11 is 3.34. The number of rotatable bonds is 3. The Balaban J connectivity index is 2.03. The molecule has 2 rings (SSSR count). The van der Waals surface area contributed by atoms with Crippen LogP contribution < -0.4 is 5.32 Å². The van der Waals surface area contributed by atoms with Gasteiger partial charge in [-0.1, -0.05) is 0 Å². The molecule has 1 N–H and O–H groups in total. The summed E-state index contributed by atoms with van der Waals surface area (Å²) in [6.45, 7) is 0.422. The molecule has 0 unspecified atom stereocenters. The Hall–Kier alpha value is -1.56. The number of hydrogen-bond donors (Lipinski definition) is 1. The third-order valence-electron chi connectivity index (χ3n) is 2.53. The zero-order chi connectivity index (χ0) is 12.4. The minimum Gasteiger partial charge on any atom is -0.345 e. The van der Waals surface area contributed by atoms with Crippen LogP contribution in [0.15, 0.2) is 29.1 Å². The maximum Gasteiger partial charge on any atom is 0.268 e. The molecule has 0 aliphatic heterocycles. The lowest BCUT2D eigenvalue weighted by molar-refractivity contribution is 0.0941. The topological polar surface area (TPSA) is 51.9 Å². The monoisotopic (exact) mass is 296 g/mol. The van der Waals surface area contributed by atoms with Crippen molar-refractivity contribution in [2.45, 2.75) is 6.54 Å². The minimum atomic E-state index is -0.110. The number of hydrogen-bond acceptors (Lipinski definition) is 2. The molecule has 5 nitrogen and oxygen atoms in total. The van der Waals surface area contributed by atoms with E-state index in [1.807, 2.05) is 31.1 Å². The molecule has 0 radical (unpaired) electrons. The molecule has 2 heterocycles. The van der Waals surface area contributed by atoms with Crippen molar-refractivity contribution in [1.82, 2.24) is 19.4 Å². The van der Waals surface area contributed by atoms with Crippen molar-refractivity contribution in [1.29, 1.82) is 0 Å². The van der Waals surface area contributed by atoms with E-state index in [0.717, 1.165) is 10.3 Å². The molecule has 0 aromatic carbocycles. The third kappa shape index (κ3) is 2.58. The lowest BCUT2D eigenvalue weighted by Crippen LogP contribution is -2.26. The first-order valence-electron chi connectivity index (χ1n) is 5.14. The molecule has 0 bridgehead atoms. The van der Waals surface area contributed by atoms with Gasteiger partial charge < -0.3 is 14.5 Å². The van der Waals surface area contributed by atoms with Crippen LogP contribution in [0.4, 0.5) is 0 Å². The molecule has 6 heteroatoms. The van der Waals surface area contributed by atoms with Crippen molar-refractivity contribution >= 4 is 21.8 Å². The van der Waals surface area contributed by atoms with Crippen LogP contribution in [0.1, 0.15) is 16.3 Å². The van der Waals surface area contributed by atoms with E-state index in [0.29, 0.717) is 12.2 Å². The summed E-state index contributed by atoms with van der Waals surface area (Å²) in [5.74, 6) is 0.716. The standard InChI is InChI=1S/C11H13BrN4O/c1-15-4-3-13-10(15)6-14-11(17)9-5-8(12)7-16(9)2/h3-5,7H,6H2,1-2H3,(H,14,17). The van der Waals surface area contributed by atoms with Gasteiger partial charge in [0.2, 0.25) is 0 Å². The summed E-state index contributed by atoms with van der Waals surface area (Å²) in [5.41, 5.74) is 0.617. The van der Waals surface area contributed by atoms with E-state index in [2.05, 4.69) is 26.2 Å². The number of carbonyl (C=O) groups is 1. The van der Waals surface area contributed by atoms with Gasteiger partial charge in [-0.3, -0.25) is 4.79 Å². The van der Waals surface area contributed by atoms with Crippen LogP contribution >= 0.6 is 15.9 Å². The Bertz CT molecular complexity index is 543. The van der Waals surface area contributed by atoms with Gasteiger partial charge in [0.25, 0.3) is 5.91 Å². The normalized spacial score (nSPS) is 10.5. The van der Waals surface area contributed by atoms with Gasteiger partial charge in [-0.05, 0) is 22.0 Å². The fraction of sp³-hybridized carbons (Fsp3) is 0.273. The number of aryl methyl sites for hydroxylation is 2. The fourth-order valence-electron chi connectivity index (χ4n) is 1.57. The van der Waals surface area contributed by atoms with E-state index in [-0.39, 0.29) is 5.91 Å². The van der Waals surface area contributed by atoms with Gasteiger partial charge in [0.05, 0.1) is 6.54 Å².